The average molecular weight is 422 g/mol. The number of hydrogen-bond donors (Lipinski definition) is 0. The summed E-state index contributed by atoms with van der Waals surface area (Å²) in [6.45, 7) is 2.79. The molecule has 0 fully saturated rings. The Morgan fingerprint density at radius 3 is 2.52 bits per heavy atom. The van der Waals surface area contributed by atoms with Crippen LogP contribution in [-0.2, 0) is 11.3 Å². The van der Waals surface area contributed by atoms with Crippen molar-refractivity contribution >= 4 is 23.6 Å². The van der Waals surface area contributed by atoms with E-state index < -0.39 is 5.82 Å². The molecule has 0 radical (unpaired) electrons. The van der Waals surface area contributed by atoms with E-state index in [9.17, 15) is 9.18 Å². The van der Waals surface area contributed by atoms with Gasteiger partial charge in [-0.1, -0.05) is 24.6 Å². The summed E-state index contributed by atoms with van der Waals surface area (Å²) in [5.41, 5.74) is 1.36. The Bertz CT molecular complexity index is 885. The Morgan fingerprint density at radius 1 is 1.17 bits per heavy atom. The Morgan fingerprint density at radius 2 is 1.90 bits per heavy atom. The number of carbonyl (C=O) groups is 1. The molecule has 29 heavy (non-hydrogen) atoms. The lowest BCUT2D eigenvalue weighted by atomic mass is 10.1. The SMILES string of the molecule is CCCOc1c(Cl)cc(/C=C/C(=O)N(C)Cc2ccc(OC)c(F)c2)cc1OC. The number of halogens is 2. The third-order valence-corrected chi connectivity index (χ3v) is 4.41. The van der Waals surface area contributed by atoms with Crippen LogP contribution in [0.4, 0.5) is 4.39 Å². The molecule has 0 aliphatic carbocycles. The Balaban J connectivity index is 2.09. The Kier molecular flexibility index (Phi) is 8.34. The second-order valence-corrected chi connectivity index (χ2v) is 6.79. The van der Waals surface area contributed by atoms with Crippen LogP contribution in [0, 0.1) is 5.82 Å². The number of likely N-dealkylation sites (N-methyl/N-ethyl adjacent to an activating group) is 1. The fourth-order valence-electron chi connectivity index (χ4n) is 2.63. The third kappa shape index (κ3) is 6.12. The number of hydrogen-bond acceptors (Lipinski definition) is 4. The van der Waals surface area contributed by atoms with Gasteiger partial charge in [-0.05, 0) is 47.9 Å². The van der Waals surface area contributed by atoms with Crippen LogP contribution in [0.3, 0.4) is 0 Å². The van der Waals surface area contributed by atoms with Gasteiger partial charge in [-0.2, -0.15) is 0 Å². The highest BCUT2D eigenvalue weighted by atomic mass is 35.5. The summed E-state index contributed by atoms with van der Waals surface area (Å²) >= 11 is 6.29. The summed E-state index contributed by atoms with van der Waals surface area (Å²) in [5, 5.41) is 0.409. The standard InChI is InChI=1S/C22H25ClFNO4/c1-5-10-29-22-17(23)11-15(13-20(22)28-4)7-9-21(26)25(2)14-16-6-8-19(27-3)18(24)12-16/h6-9,11-13H,5,10,14H2,1-4H3/b9-7+. The Labute approximate surface area is 175 Å². The van der Waals surface area contributed by atoms with Gasteiger partial charge in [-0.3, -0.25) is 4.79 Å². The zero-order chi connectivity index (χ0) is 21.4. The van der Waals surface area contributed by atoms with E-state index in [0.29, 0.717) is 34.3 Å². The highest BCUT2D eigenvalue weighted by molar-refractivity contribution is 6.32. The fourth-order valence-corrected chi connectivity index (χ4v) is 2.91. The average Bonchev–Trinajstić information content (AvgIpc) is 2.70. The summed E-state index contributed by atoms with van der Waals surface area (Å²) < 4.78 is 29.7. The molecule has 2 aromatic rings. The first-order chi connectivity index (χ1) is 13.9. The maximum Gasteiger partial charge on any atom is 0.246 e. The fraction of sp³-hybridized carbons (Fsp3) is 0.318. The first-order valence-corrected chi connectivity index (χ1v) is 9.53. The van der Waals surface area contributed by atoms with Crippen molar-refractivity contribution in [2.24, 2.45) is 0 Å². The van der Waals surface area contributed by atoms with E-state index in [1.54, 1.807) is 31.3 Å². The van der Waals surface area contributed by atoms with Crippen molar-refractivity contribution < 1.29 is 23.4 Å². The number of carbonyl (C=O) groups excluding carboxylic acids is 1. The molecule has 0 bridgehead atoms. The minimum atomic E-state index is -0.464. The van der Waals surface area contributed by atoms with Gasteiger partial charge >= 0.3 is 0 Å². The van der Waals surface area contributed by atoms with Gasteiger partial charge in [0.05, 0.1) is 25.8 Å². The maximum absolute atomic E-state index is 13.8. The molecule has 1 amide bonds. The molecule has 156 valence electrons. The summed E-state index contributed by atoms with van der Waals surface area (Å²) in [4.78, 5) is 13.9. The Hall–Kier alpha value is -2.73. The molecule has 0 aliphatic rings. The molecule has 5 nitrogen and oxygen atoms in total. The van der Waals surface area contributed by atoms with E-state index in [1.165, 1.54) is 37.3 Å². The predicted molar refractivity (Wildman–Crippen MR) is 112 cm³/mol. The van der Waals surface area contributed by atoms with Crippen molar-refractivity contribution in [3.8, 4) is 17.2 Å². The first kappa shape index (κ1) is 22.6. The number of rotatable bonds is 9. The summed E-state index contributed by atoms with van der Waals surface area (Å²) in [7, 11) is 4.58. The van der Waals surface area contributed by atoms with Crippen molar-refractivity contribution in [1.82, 2.24) is 4.90 Å². The first-order valence-electron chi connectivity index (χ1n) is 9.15. The third-order valence-electron chi connectivity index (χ3n) is 4.13. The van der Waals surface area contributed by atoms with Crippen LogP contribution in [0.2, 0.25) is 5.02 Å². The number of methoxy groups -OCH3 is 2. The minimum Gasteiger partial charge on any atom is -0.494 e. The molecule has 0 unspecified atom stereocenters. The quantitative estimate of drug-likeness (QED) is 0.537. The van der Waals surface area contributed by atoms with Gasteiger partial charge in [0.15, 0.2) is 23.1 Å². The maximum atomic E-state index is 13.8. The van der Waals surface area contributed by atoms with E-state index in [1.807, 2.05) is 6.92 Å². The van der Waals surface area contributed by atoms with Gasteiger partial charge in [0.2, 0.25) is 5.91 Å². The lowest BCUT2D eigenvalue weighted by Crippen LogP contribution is -2.24. The molecule has 0 spiro atoms. The number of amides is 1. The molecule has 0 aliphatic heterocycles. The molecular formula is C22H25ClFNO4. The highest BCUT2D eigenvalue weighted by Crippen LogP contribution is 2.36. The number of nitrogens with zero attached hydrogens (tertiary/aromatic N) is 1. The molecule has 0 aromatic heterocycles. The van der Waals surface area contributed by atoms with Crippen molar-refractivity contribution in [3.63, 3.8) is 0 Å². The molecule has 0 saturated carbocycles. The van der Waals surface area contributed by atoms with Crippen molar-refractivity contribution in [2.75, 3.05) is 27.9 Å². The van der Waals surface area contributed by atoms with Crippen LogP contribution in [0.5, 0.6) is 17.2 Å². The topological polar surface area (TPSA) is 48.0 Å². The summed E-state index contributed by atoms with van der Waals surface area (Å²) in [6.07, 6.45) is 3.92. The van der Waals surface area contributed by atoms with E-state index in [-0.39, 0.29) is 18.2 Å². The molecule has 0 atom stereocenters. The molecule has 0 heterocycles. The van der Waals surface area contributed by atoms with Gasteiger partial charge in [0, 0.05) is 19.7 Å². The summed E-state index contributed by atoms with van der Waals surface area (Å²) in [5.74, 6) is 0.453. The van der Waals surface area contributed by atoms with Crippen molar-refractivity contribution in [2.45, 2.75) is 19.9 Å². The van der Waals surface area contributed by atoms with Crippen LogP contribution < -0.4 is 14.2 Å². The van der Waals surface area contributed by atoms with E-state index in [4.69, 9.17) is 25.8 Å². The van der Waals surface area contributed by atoms with Crippen molar-refractivity contribution in [1.29, 1.82) is 0 Å². The second-order valence-electron chi connectivity index (χ2n) is 6.38. The van der Waals surface area contributed by atoms with Crippen LogP contribution in [-0.4, -0.2) is 38.7 Å². The zero-order valence-electron chi connectivity index (χ0n) is 17.0. The van der Waals surface area contributed by atoms with Gasteiger partial charge in [0.25, 0.3) is 0 Å². The van der Waals surface area contributed by atoms with Crippen LogP contribution >= 0.6 is 11.6 Å². The number of ether oxygens (including phenoxy) is 3. The summed E-state index contributed by atoms with van der Waals surface area (Å²) in [6, 6.07) is 8.06. The van der Waals surface area contributed by atoms with Gasteiger partial charge < -0.3 is 19.1 Å². The van der Waals surface area contributed by atoms with E-state index in [2.05, 4.69) is 0 Å². The number of benzene rings is 2. The molecule has 0 saturated heterocycles. The van der Waals surface area contributed by atoms with Gasteiger partial charge in [0.1, 0.15) is 0 Å². The van der Waals surface area contributed by atoms with E-state index >= 15 is 0 Å². The van der Waals surface area contributed by atoms with Crippen LogP contribution in [0.15, 0.2) is 36.4 Å². The lowest BCUT2D eigenvalue weighted by Gasteiger charge is -2.16. The highest BCUT2D eigenvalue weighted by Gasteiger charge is 2.12. The molecular weight excluding hydrogens is 397 g/mol. The van der Waals surface area contributed by atoms with Gasteiger partial charge in [-0.25, -0.2) is 4.39 Å². The van der Waals surface area contributed by atoms with Crippen LogP contribution in [0.1, 0.15) is 24.5 Å². The lowest BCUT2D eigenvalue weighted by molar-refractivity contribution is -0.125. The zero-order valence-corrected chi connectivity index (χ0v) is 17.8. The minimum absolute atomic E-state index is 0.166. The molecule has 0 N–H and O–H groups in total. The molecule has 2 rings (SSSR count). The van der Waals surface area contributed by atoms with Crippen molar-refractivity contribution in [3.05, 3.63) is 58.4 Å². The normalized spacial score (nSPS) is 10.8. The monoisotopic (exact) mass is 421 g/mol. The largest absolute Gasteiger partial charge is 0.494 e. The molecule has 2 aromatic carbocycles. The second kappa shape index (κ2) is 10.7. The molecule has 7 heteroatoms. The van der Waals surface area contributed by atoms with E-state index in [0.717, 1.165) is 6.42 Å². The predicted octanol–water partition coefficient (Wildman–Crippen LogP) is 4.96. The smallest absolute Gasteiger partial charge is 0.246 e. The van der Waals surface area contributed by atoms with Gasteiger partial charge in [-0.15, -0.1) is 0 Å². The van der Waals surface area contributed by atoms with Crippen LogP contribution in [0.25, 0.3) is 6.08 Å².